The van der Waals surface area contributed by atoms with Crippen LogP contribution in [0.3, 0.4) is 0 Å². The topological polar surface area (TPSA) is 96.4 Å². The van der Waals surface area contributed by atoms with E-state index in [-0.39, 0.29) is 11.7 Å². The van der Waals surface area contributed by atoms with Crippen LogP contribution in [0.5, 0.6) is 5.75 Å². The summed E-state index contributed by atoms with van der Waals surface area (Å²) in [4.78, 5) is 20.0. The number of carbonyl (C=O) groups is 1. The number of carboxylic acid groups (broad SMARTS) is 1. The number of hydrogen-bond acceptors (Lipinski definition) is 6. The number of anilines is 4. The Hall–Kier alpha value is -3.61. The molecule has 0 aliphatic carbocycles. The minimum atomic E-state index is -1.01. The number of benzene rings is 2. The predicted octanol–water partition coefficient (Wildman–Crippen LogP) is 4.45. The van der Waals surface area contributed by atoms with Crippen LogP contribution in [0.1, 0.15) is 24.2 Å². The average Bonchev–Trinajstić information content (AvgIpc) is 2.63. The molecule has 0 unspecified atom stereocenters. The second-order valence-corrected chi connectivity index (χ2v) is 6.03. The van der Waals surface area contributed by atoms with Crippen LogP contribution in [-0.4, -0.2) is 27.1 Å². The lowest BCUT2D eigenvalue weighted by Crippen LogP contribution is -2.08. The zero-order valence-electron chi connectivity index (χ0n) is 15.0. The van der Waals surface area contributed by atoms with Crippen LogP contribution in [0.2, 0.25) is 0 Å². The Morgan fingerprint density at radius 3 is 2.44 bits per heavy atom. The Morgan fingerprint density at radius 2 is 1.70 bits per heavy atom. The Balaban J connectivity index is 1.82. The van der Waals surface area contributed by atoms with E-state index in [1.165, 1.54) is 6.07 Å². The van der Waals surface area contributed by atoms with Crippen molar-refractivity contribution in [2.75, 3.05) is 10.6 Å². The van der Waals surface area contributed by atoms with E-state index in [9.17, 15) is 9.90 Å². The van der Waals surface area contributed by atoms with Crippen LogP contribution in [0.15, 0.2) is 60.8 Å². The molecular formula is C20H20N4O3. The van der Waals surface area contributed by atoms with Gasteiger partial charge in [-0.25, -0.2) is 9.78 Å². The van der Waals surface area contributed by atoms with Crippen molar-refractivity contribution >= 4 is 29.1 Å². The van der Waals surface area contributed by atoms with E-state index in [0.29, 0.717) is 23.2 Å². The highest BCUT2D eigenvalue weighted by atomic mass is 16.5. The van der Waals surface area contributed by atoms with Crippen molar-refractivity contribution < 1.29 is 14.6 Å². The third kappa shape index (κ3) is 4.72. The van der Waals surface area contributed by atoms with Gasteiger partial charge in [0.05, 0.1) is 23.0 Å². The van der Waals surface area contributed by atoms with Crippen LogP contribution in [0.4, 0.5) is 23.1 Å². The summed E-state index contributed by atoms with van der Waals surface area (Å²) >= 11 is 0. The molecule has 0 atom stereocenters. The fourth-order valence-corrected chi connectivity index (χ4v) is 2.45. The summed E-state index contributed by atoms with van der Waals surface area (Å²) in [6, 6.07) is 15.8. The maximum absolute atomic E-state index is 11.3. The predicted molar refractivity (Wildman–Crippen MR) is 104 cm³/mol. The maximum Gasteiger partial charge on any atom is 0.337 e. The minimum Gasteiger partial charge on any atom is -0.489 e. The summed E-state index contributed by atoms with van der Waals surface area (Å²) in [5, 5.41) is 15.5. The molecule has 0 aliphatic rings. The normalized spacial score (nSPS) is 10.5. The zero-order chi connectivity index (χ0) is 19.2. The Kier molecular flexibility index (Phi) is 5.51. The molecule has 1 aromatic heterocycles. The molecule has 2 aromatic carbocycles. The van der Waals surface area contributed by atoms with Gasteiger partial charge in [0, 0.05) is 6.20 Å². The number of carboxylic acids is 1. The van der Waals surface area contributed by atoms with Gasteiger partial charge in [-0.1, -0.05) is 24.3 Å². The van der Waals surface area contributed by atoms with Crippen LogP contribution in [0.25, 0.3) is 0 Å². The number of nitrogens with one attached hydrogen (secondary N) is 2. The van der Waals surface area contributed by atoms with Gasteiger partial charge in [0.15, 0.2) is 0 Å². The van der Waals surface area contributed by atoms with E-state index in [2.05, 4.69) is 20.6 Å². The first-order chi connectivity index (χ1) is 13.0. The second kappa shape index (κ2) is 8.18. The number of hydrogen-bond donors (Lipinski definition) is 3. The monoisotopic (exact) mass is 364 g/mol. The number of rotatable bonds is 7. The molecule has 0 aliphatic heterocycles. The Labute approximate surface area is 157 Å². The summed E-state index contributed by atoms with van der Waals surface area (Å²) in [5.74, 6) is 0.534. The first-order valence-corrected chi connectivity index (χ1v) is 8.48. The summed E-state index contributed by atoms with van der Waals surface area (Å²) in [7, 11) is 0. The molecule has 1 heterocycles. The lowest BCUT2D eigenvalue weighted by atomic mass is 10.2. The maximum atomic E-state index is 11.3. The average molecular weight is 364 g/mol. The van der Waals surface area contributed by atoms with Crippen LogP contribution < -0.4 is 15.4 Å². The number of para-hydroxylation sites is 3. The van der Waals surface area contributed by atoms with Crippen molar-refractivity contribution in [1.29, 1.82) is 0 Å². The van der Waals surface area contributed by atoms with E-state index in [1.807, 2.05) is 38.1 Å². The highest BCUT2D eigenvalue weighted by molar-refractivity contribution is 5.95. The number of nitrogens with zero attached hydrogens (tertiary/aromatic N) is 2. The molecule has 0 saturated heterocycles. The fraction of sp³-hybridized carbons (Fsp3) is 0.150. The van der Waals surface area contributed by atoms with E-state index >= 15 is 0 Å². The first-order valence-electron chi connectivity index (χ1n) is 8.48. The summed E-state index contributed by atoms with van der Waals surface area (Å²) in [6.07, 6.45) is 1.63. The lowest BCUT2D eigenvalue weighted by Gasteiger charge is -2.15. The van der Waals surface area contributed by atoms with Crippen LogP contribution in [0, 0.1) is 0 Å². The molecule has 0 radical (unpaired) electrons. The molecule has 0 bridgehead atoms. The van der Waals surface area contributed by atoms with Crippen LogP contribution in [-0.2, 0) is 0 Å². The quantitative estimate of drug-likeness (QED) is 0.570. The smallest absolute Gasteiger partial charge is 0.337 e. The molecule has 27 heavy (non-hydrogen) atoms. The third-order valence-electron chi connectivity index (χ3n) is 3.57. The molecular weight excluding hydrogens is 344 g/mol. The summed E-state index contributed by atoms with van der Waals surface area (Å²) in [6.45, 7) is 3.91. The molecule has 0 fully saturated rings. The van der Waals surface area contributed by atoms with Gasteiger partial charge in [-0.2, -0.15) is 4.98 Å². The van der Waals surface area contributed by atoms with Crippen molar-refractivity contribution in [2.45, 2.75) is 20.0 Å². The van der Waals surface area contributed by atoms with Gasteiger partial charge in [0.25, 0.3) is 0 Å². The minimum absolute atomic E-state index is 0.0365. The van der Waals surface area contributed by atoms with Crippen molar-refractivity contribution in [1.82, 2.24) is 9.97 Å². The molecule has 7 nitrogen and oxygen atoms in total. The van der Waals surface area contributed by atoms with Crippen molar-refractivity contribution in [3.8, 4) is 5.75 Å². The van der Waals surface area contributed by atoms with Gasteiger partial charge in [0.2, 0.25) is 5.95 Å². The largest absolute Gasteiger partial charge is 0.489 e. The molecule has 138 valence electrons. The van der Waals surface area contributed by atoms with Gasteiger partial charge in [-0.05, 0) is 44.2 Å². The van der Waals surface area contributed by atoms with E-state index in [0.717, 1.165) is 5.69 Å². The zero-order valence-corrected chi connectivity index (χ0v) is 15.0. The van der Waals surface area contributed by atoms with E-state index in [1.54, 1.807) is 30.5 Å². The number of ether oxygens (including phenoxy) is 1. The summed E-state index contributed by atoms with van der Waals surface area (Å²) in [5.41, 5.74) is 1.37. The molecule has 0 amide bonds. The Bertz CT molecular complexity index is 944. The number of aromatic nitrogens is 2. The van der Waals surface area contributed by atoms with Gasteiger partial charge in [-0.3, -0.25) is 0 Å². The fourth-order valence-electron chi connectivity index (χ4n) is 2.45. The molecule has 0 saturated carbocycles. The van der Waals surface area contributed by atoms with E-state index in [4.69, 9.17) is 4.74 Å². The van der Waals surface area contributed by atoms with Crippen molar-refractivity contribution in [3.63, 3.8) is 0 Å². The number of aromatic carboxylic acids is 1. The van der Waals surface area contributed by atoms with Gasteiger partial charge < -0.3 is 20.5 Å². The van der Waals surface area contributed by atoms with Crippen molar-refractivity contribution in [2.24, 2.45) is 0 Å². The molecule has 3 rings (SSSR count). The summed E-state index contributed by atoms with van der Waals surface area (Å²) < 4.78 is 5.79. The molecule has 0 spiro atoms. The SMILES string of the molecule is CC(C)Oc1ccccc1Nc1nccc(Nc2ccccc2C(=O)O)n1. The second-order valence-electron chi connectivity index (χ2n) is 6.03. The highest BCUT2D eigenvalue weighted by Crippen LogP contribution is 2.27. The van der Waals surface area contributed by atoms with E-state index < -0.39 is 5.97 Å². The standard InChI is InChI=1S/C20H20N4O3/c1-13(2)27-17-10-6-5-9-16(17)23-20-21-12-11-18(24-20)22-15-8-4-3-7-14(15)19(25)26/h3-13H,1-2H3,(H,25,26)(H2,21,22,23,24). The van der Waals surface area contributed by atoms with Crippen molar-refractivity contribution in [3.05, 3.63) is 66.4 Å². The van der Waals surface area contributed by atoms with Gasteiger partial charge in [-0.15, -0.1) is 0 Å². The Morgan fingerprint density at radius 1 is 1.00 bits per heavy atom. The first kappa shape index (κ1) is 18.2. The molecule has 3 N–H and O–H groups in total. The molecule has 7 heteroatoms. The third-order valence-corrected chi connectivity index (χ3v) is 3.57. The van der Waals surface area contributed by atoms with Gasteiger partial charge in [0.1, 0.15) is 11.6 Å². The van der Waals surface area contributed by atoms with Gasteiger partial charge >= 0.3 is 5.97 Å². The van der Waals surface area contributed by atoms with Crippen LogP contribution >= 0.6 is 0 Å². The highest BCUT2D eigenvalue weighted by Gasteiger charge is 2.11. The molecule has 3 aromatic rings. The lowest BCUT2D eigenvalue weighted by molar-refractivity contribution is 0.0698.